The van der Waals surface area contributed by atoms with Gasteiger partial charge in [0.2, 0.25) is 5.91 Å². The average molecular weight is 296 g/mol. The van der Waals surface area contributed by atoms with Crippen molar-refractivity contribution in [2.45, 2.75) is 6.42 Å². The molecule has 1 N–H and O–H groups in total. The third-order valence-corrected chi connectivity index (χ3v) is 4.09. The highest BCUT2D eigenvalue weighted by Crippen LogP contribution is 2.13. The molecule has 0 aliphatic heterocycles. The third kappa shape index (κ3) is 5.38. The molecule has 0 heterocycles. The first-order chi connectivity index (χ1) is 9.48. The molecule has 0 saturated carbocycles. The van der Waals surface area contributed by atoms with Gasteiger partial charge in [-0.1, -0.05) is 12.1 Å². The van der Waals surface area contributed by atoms with Gasteiger partial charge in [-0.3, -0.25) is 4.79 Å². The van der Waals surface area contributed by atoms with Crippen molar-refractivity contribution in [2.75, 3.05) is 30.5 Å². The first-order valence-electron chi connectivity index (χ1n) is 5.97. The van der Waals surface area contributed by atoms with Crippen molar-refractivity contribution >= 4 is 21.4 Å². The number of nitrogens with one attached hydrogen (secondary N) is 1. The third-order valence-electron chi connectivity index (χ3n) is 2.48. The summed E-state index contributed by atoms with van der Waals surface area (Å²) >= 11 is 0. The first kappa shape index (κ1) is 16.1. The number of para-hydroxylation sites is 1. The zero-order valence-electron chi connectivity index (χ0n) is 11.1. The van der Waals surface area contributed by atoms with Gasteiger partial charge in [-0.2, -0.15) is 5.26 Å². The summed E-state index contributed by atoms with van der Waals surface area (Å²) in [6.07, 6.45) is 0.348. The summed E-state index contributed by atoms with van der Waals surface area (Å²) in [5, 5.41) is 11.3. The van der Waals surface area contributed by atoms with Gasteiger partial charge in [0.15, 0.2) is 9.84 Å². The molecule has 0 spiro atoms. The number of carbonyl (C=O) groups is 1. The number of methoxy groups -OCH3 is 1. The molecular formula is C13H16N2O4S. The number of anilines is 1. The Morgan fingerprint density at radius 3 is 2.75 bits per heavy atom. The molecule has 0 saturated heterocycles. The van der Waals surface area contributed by atoms with Crippen molar-refractivity contribution in [3.63, 3.8) is 0 Å². The number of benzene rings is 1. The number of hydrogen-bond donors (Lipinski definition) is 1. The monoisotopic (exact) mass is 296 g/mol. The second kappa shape index (κ2) is 7.62. The second-order valence-corrected chi connectivity index (χ2v) is 6.33. The lowest BCUT2D eigenvalue weighted by Crippen LogP contribution is -2.25. The van der Waals surface area contributed by atoms with Gasteiger partial charge >= 0.3 is 0 Å². The Kier molecular flexibility index (Phi) is 6.15. The molecule has 1 aromatic carbocycles. The SMILES string of the molecule is COCCCS(=O)(=O)CC(=O)Nc1ccccc1C#N. The van der Waals surface area contributed by atoms with E-state index in [1.807, 2.05) is 6.07 Å². The van der Waals surface area contributed by atoms with Crippen molar-refractivity contribution < 1.29 is 17.9 Å². The van der Waals surface area contributed by atoms with E-state index in [1.165, 1.54) is 7.11 Å². The standard InChI is InChI=1S/C13H16N2O4S/c1-19-7-4-8-20(17,18)10-13(16)15-12-6-3-2-5-11(12)9-14/h2-3,5-6H,4,7-8,10H2,1H3,(H,15,16). The molecule has 0 aliphatic rings. The van der Waals surface area contributed by atoms with Crippen LogP contribution in [0.25, 0.3) is 0 Å². The van der Waals surface area contributed by atoms with Crippen LogP contribution in [0, 0.1) is 11.3 Å². The average Bonchev–Trinajstić information content (AvgIpc) is 2.38. The quantitative estimate of drug-likeness (QED) is 0.756. The zero-order valence-corrected chi connectivity index (χ0v) is 11.9. The van der Waals surface area contributed by atoms with Gasteiger partial charge in [0.05, 0.1) is 17.0 Å². The molecule has 0 aromatic heterocycles. The number of carbonyl (C=O) groups excluding carboxylic acids is 1. The Morgan fingerprint density at radius 2 is 2.10 bits per heavy atom. The van der Waals surface area contributed by atoms with Gasteiger partial charge in [-0.05, 0) is 18.6 Å². The maximum Gasteiger partial charge on any atom is 0.239 e. The van der Waals surface area contributed by atoms with E-state index in [2.05, 4.69) is 5.32 Å². The van der Waals surface area contributed by atoms with E-state index in [0.717, 1.165) is 0 Å². The van der Waals surface area contributed by atoms with Crippen LogP contribution in [0.3, 0.4) is 0 Å². The van der Waals surface area contributed by atoms with Crippen molar-refractivity contribution in [3.8, 4) is 6.07 Å². The molecular weight excluding hydrogens is 280 g/mol. The normalized spacial score (nSPS) is 10.8. The molecule has 1 rings (SSSR count). The van der Waals surface area contributed by atoms with Gasteiger partial charge in [0.1, 0.15) is 11.8 Å². The Balaban J connectivity index is 2.62. The highest BCUT2D eigenvalue weighted by Gasteiger charge is 2.17. The summed E-state index contributed by atoms with van der Waals surface area (Å²) in [5.41, 5.74) is 0.602. The van der Waals surface area contributed by atoms with Crippen LogP contribution < -0.4 is 5.32 Å². The number of nitriles is 1. The predicted octanol–water partition coefficient (Wildman–Crippen LogP) is 0.948. The molecule has 1 amide bonds. The molecule has 0 bridgehead atoms. The first-order valence-corrected chi connectivity index (χ1v) is 7.79. The summed E-state index contributed by atoms with van der Waals surface area (Å²) in [7, 11) is -1.98. The van der Waals surface area contributed by atoms with Crippen LogP contribution in [0.2, 0.25) is 0 Å². The van der Waals surface area contributed by atoms with Crippen LogP contribution in [0.4, 0.5) is 5.69 Å². The van der Waals surface area contributed by atoms with Crippen molar-refractivity contribution in [2.24, 2.45) is 0 Å². The minimum absolute atomic E-state index is 0.103. The number of sulfone groups is 1. The summed E-state index contributed by atoms with van der Waals surface area (Å²) in [4.78, 5) is 11.7. The highest BCUT2D eigenvalue weighted by atomic mass is 32.2. The Labute approximate surface area is 118 Å². The molecule has 0 aliphatic carbocycles. The lowest BCUT2D eigenvalue weighted by molar-refractivity contribution is -0.113. The van der Waals surface area contributed by atoms with Crippen LogP contribution in [0.1, 0.15) is 12.0 Å². The Bertz CT molecular complexity index is 605. The second-order valence-electron chi connectivity index (χ2n) is 4.14. The van der Waals surface area contributed by atoms with Crippen LogP contribution in [-0.4, -0.2) is 39.5 Å². The zero-order chi connectivity index (χ0) is 15.0. The maximum absolute atomic E-state index is 11.7. The van der Waals surface area contributed by atoms with E-state index >= 15 is 0 Å². The van der Waals surface area contributed by atoms with Crippen LogP contribution in [0.5, 0.6) is 0 Å². The maximum atomic E-state index is 11.7. The number of amides is 1. The van der Waals surface area contributed by atoms with Gasteiger partial charge in [-0.25, -0.2) is 8.42 Å². The number of rotatable bonds is 7. The van der Waals surface area contributed by atoms with Crippen LogP contribution >= 0.6 is 0 Å². The lowest BCUT2D eigenvalue weighted by Gasteiger charge is -2.07. The van der Waals surface area contributed by atoms with Gasteiger partial charge in [-0.15, -0.1) is 0 Å². The van der Waals surface area contributed by atoms with Gasteiger partial charge in [0, 0.05) is 13.7 Å². The van der Waals surface area contributed by atoms with E-state index in [0.29, 0.717) is 18.7 Å². The fraction of sp³-hybridized carbons (Fsp3) is 0.385. The smallest absolute Gasteiger partial charge is 0.239 e. The van der Waals surface area contributed by atoms with E-state index in [9.17, 15) is 13.2 Å². The minimum atomic E-state index is -3.47. The van der Waals surface area contributed by atoms with E-state index in [1.54, 1.807) is 24.3 Å². The summed E-state index contributed by atoms with van der Waals surface area (Å²) in [5.74, 6) is -1.35. The summed E-state index contributed by atoms with van der Waals surface area (Å²) < 4.78 is 28.1. The molecule has 108 valence electrons. The van der Waals surface area contributed by atoms with E-state index < -0.39 is 21.5 Å². The predicted molar refractivity (Wildman–Crippen MR) is 74.9 cm³/mol. The van der Waals surface area contributed by atoms with Gasteiger partial charge in [0.25, 0.3) is 0 Å². The molecule has 20 heavy (non-hydrogen) atoms. The van der Waals surface area contributed by atoms with Crippen LogP contribution in [0.15, 0.2) is 24.3 Å². The minimum Gasteiger partial charge on any atom is -0.385 e. The van der Waals surface area contributed by atoms with Gasteiger partial charge < -0.3 is 10.1 Å². The number of ether oxygens (including phenoxy) is 1. The summed E-state index contributed by atoms with van der Waals surface area (Å²) in [6.45, 7) is 0.331. The molecule has 6 nitrogen and oxygen atoms in total. The summed E-state index contributed by atoms with van der Waals surface area (Å²) in [6, 6.07) is 8.34. The van der Waals surface area contributed by atoms with Crippen molar-refractivity contribution in [1.82, 2.24) is 0 Å². The Hall–Kier alpha value is -1.91. The fourth-order valence-corrected chi connectivity index (χ4v) is 2.74. The molecule has 0 atom stereocenters. The lowest BCUT2D eigenvalue weighted by atomic mass is 10.2. The van der Waals surface area contributed by atoms with Crippen molar-refractivity contribution in [1.29, 1.82) is 5.26 Å². The van der Waals surface area contributed by atoms with Crippen molar-refractivity contribution in [3.05, 3.63) is 29.8 Å². The molecule has 0 fully saturated rings. The van der Waals surface area contributed by atoms with Crippen LogP contribution in [-0.2, 0) is 19.4 Å². The van der Waals surface area contributed by atoms with E-state index in [4.69, 9.17) is 10.00 Å². The molecule has 7 heteroatoms. The topological polar surface area (TPSA) is 96.3 Å². The number of nitrogens with zero attached hydrogens (tertiary/aromatic N) is 1. The molecule has 0 radical (unpaired) electrons. The van der Waals surface area contributed by atoms with E-state index in [-0.39, 0.29) is 11.3 Å². The number of hydrogen-bond acceptors (Lipinski definition) is 5. The largest absolute Gasteiger partial charge is 0.385 e. The highest BCUT2D eigenvalue weighted by molar-refractivity contribution is 7.92. The Morgan fingerprint density at radius 1 is 1.40 bits per heavy atom. The molecule has 0 unspecified atom stereocenters. The molecule has 1 aromatic rings. The fourth-order valence-electron chi connectivity index (χ4n) is 1.57.